The molecule has 0 aromatic carbocycles. The fourth-order valence-electron chi connectivity index (χ4n) is 1.13. The van der Waals surface area contributed by atoms with Crippen LogP contribution in [0.15, 0.2) is 12.3 Å². The molecule has 0 bridgehead atoms. The van der Waals surface area contributed by atoms with Crippen molar-refractivity contribution >= 4 is 5.82 Å². The van der Waals surface area contributed by atoms with Crippen LogP contribution >= 0.6 is 0 Å². The summed E-state index contributed by atoms with van der Waals surface area (Å²) < 4.78 is 0. The molecule has 0 radical (unpaired) electrons. The summed E-state index contributed by atoms with van der Waals surface area (Å²) in [4.78, 5) is 4.11. The van der Waals surface area contributed by atoms with Crippen molar-refractivity contribution in [2.75, 3.05) is 5.32 Å². The molecule has 0 fully saturated rings. The van der Waals surface area contributed by atoms with E-state index >= 15 is 0 Å². The molecule has 1 aromatic rings. The maximum absolute atomic E-state index is 8.99. The third kappa shape index (κ3) is 2.48. The molecule has 1 aromatic heterocycles. The number of nitrogens with zero attached hydrogens (tertiary/aromatic N) is 2. The Hall–Kier alpha value is -2.00. The van der Waals surface area contributed by atoms with Crippen LogP contribution in [0.4, 0.5) is 5.82 Å². The van der Waals surface area contributed by atoms with Gasteiger partial charge in [-0.1, -0.05) is 5.92 Å². The minimum Gasteiger partial charge on any atom is -0.353 e. The first-order valence-corrected chi connectivity index (χ1v) is 4.62. The van der Waals surface area contributed by atoms with Crippen LogP contribution in [0.1, 0.15) is 25.0 Å². The lowest BCUT2D eigenvalue weighted by molar-refractivity contribution is 0.735. The quantitative estimate of drug-likeness (QED) is 0.742. The van der Waals surface area contributed by atoms with Gasteiger partial charge in [-0.05, 0) is 32.4 Å². The first kappa shape index (κ1) is 11.1. The molecule has 1 heterocycles. The highest BCUT2D eigenvalue weighted by atomic mass is 15.0. The van der Waals surface area contributed by atoms with Crippen LogP contribution < -0.4 is 5.32 Å². The molecule has 1 rings (SSSR count). The van der Waals surface area contributed by atoms with E-state index in [9.17, 15) is 0 Å². The summed E-state index contributed by atoms with van der Waals surface area (Å²) in [7, 11) is 0. The van der Waals surface area contributed by atoms with E-state index in [1.165, 1.54) is 0 Å². The number of nitrogens with one attached hydrogen (secondary N) is 1. The number of anilines is 1. The topological polar surface area (TPSA) is 48.7 Å². The molecule has 0 atom stereocenters. The second kappa shape index (κ2) is 4.02. The van der Waals surface area contributed by atoms with Crippen molar-refractivity contribution in [3.8, 4) is 18.4 Å². The van der Waals surface area contributed by atoms with Gasteiger partial charge in [-0.2, -0.15) is 5.26 Å². The lowest BCUT2D eigenvalue weighted by Crippen LogP contribution is -2.29. The van der Waals surface area contributed by atoms with E-state index in [-0.39, 0.29) is 0 Å². The molecular weight excluding hydrogens is 186 g/mol. The third-order valence-corrected chi connectivity index (χ3v) is 2.06. The van der Waals surface area contributed by atoms with Crippen molar-refractivity contribution < 1.29 is 0 Å². The van der Waals surface area contributed by atoms with Gasteiger partial charge in [0.15, 0.2) is 0 Å². The molecule has 0 amide bonds. The van der Waals surface area contributed by atoms with Crippen LogP contribution in [-0.2, 0) is 0 Å². The maximum Gasteiger partial charge on any atom is 0.145 e. The number of aryl methyl sites for hydroxylation is 1. The molecule has 3 heteroatoms. The largest absolute Gasteiger partial charge is 0.353 e. The van der Waals surface area contributed by atoms with Crippen molar-refractivity contribution in [3.05, 3.63) is 23.4 Å². The van der Waals surface area contributed by atoms with Crippen LogP contribution in [0.25, 0.3) is 0 Å². The molecule has 0 aliphatic carbocycles. The predicted molar refractivity (Wildman–Crippen MR) is 60.2 cm³/mol. The summed E-state index contributed by atoms with van der Waals surface area (Å²) in [5.41, 5.74) is 0.926. The monoisotopic (exact) mass is 199 g/mol. The number of rotatable bonds is 2. The van der Waals surface area contributed by atoms with Gasteiger partial charge in [-0.3, -0.25) is 0 Å². The molecule has 0 spiro atoms. The van der Waals surface area contributed by atoms with Crippen molar-refractivity contribution in [3.63, 3.8) is 0 Å². The summed E-state index contributed by atoms with van der Waals surface area (Å²) in [6.45, 7) is 5.59. The molecule has 76 valence electrons. The van der Waals surface area contributed by atoms with Crippen molar-refractivity contribution in [2.24, 2.45) is 0 Å². The molecule has 0 saturated heterocycles. The number of hydrogen-bond donors (Lipinski definition) is 1. The molecule has 0 unspecified atom stereocenters. The van der Waals surface area contributed by atoms with Gasteiger partial charge in [0, 0.05) is 6.20 Å². The third-order valence-electron chi connectivity index (χ3n) is 2.06. The molecule has 0 aliphatic heterocycles. The first-order valence-electron chi connectivity index (χ1n) is 4.62. The Balaban J connectivity index is 3.13. The lowest BCUT2D eigenvalue weighted by atomic mass is 10.1. The molecular formula is C12H13N3. The van der Waals surface area contributed by atoms with Gasteiger partial charge in [-0.15, -0.1) is 6.42 Å². The van der Waals surface area contributed by atoms with E-state index in [4.69, 9.17) is 11.7 Å². The van der Waals surface area contributed by atoms with Gasteiger partial charge in [0.25, 0.3) is 0 Å². The van der Waals surface area contributed by atoms with Crippen LogP contribution in [0.3, 0.4) is 0 Å². The molecule has 0 saturated carbocycles. The molecule has 3 nitrogen and oxygen atoms in total. The molecule has 1 N–H and O–H groups in total. The Morgan fingerprint density at radius 2 is 2.20 bits per heavy atom. The zero-order valence-corrected chi connectivity index (χ0v) is 9.13. The van der Waals surface area contributed by atoms with Gasteiger partial charge < -0.3 is 5.32 Å². The van der Waals surface area contributed by atoms with E-state index in [2.05, 4.69) is 22.3 Å². The highest BCUT2D eigenvalue weighted by Gasteiger charge is 2.16. The number of nitriles is 1. The minimum absolute atomic E-state index is 0.508. The second-order valence-electron chi connectivity index (χ2n) is 3.86. The van der Waals surface area contributed by atoms with Crippen LogP contribution in [0, 0.1) is 30.6 Å². The Morgan fingerprint density at radius 3 is 2.73 bits per heavy atom. The Labute approximate surface area is 90.1 Å². The Morgan fingerprint density at radius 1 is 1.53 bits per heavy atom. The van der Waals surface area contributed by atoms with Gasteiger partial charge in [0.1, 0.15) is 11.9 Å². The number of aromatic nitrogens is 1. The van der Waals surface area contributed by atoms with Gasteiger partial charge in [0.2, 0.25) is 0 Å². The van der Waals surface area contributed by atoms with Crippen molar-refractivity contribution in [1.29, 1.82) is 5.26 Å². The summed E-state index contributed by atoms with van der Waals surface area (Å²) in [5.74, 6) is 3.14. The second-order valence-corrected chi connectivity index (χ2v) is 3.86. The van der Waals surface area contributed by atoms with Crippen LogP contribution in [0.2, 0.25) is 0 Å². The van der Waals surface area contributed by atoms with E-state index in [1.807, 2.05) is 20.8 Å². The van der Waals surface area contributed by atoms with Crippen molar-refractivity contribution in [1.82, 2.24) is 4.98 Å². The summed E-state index contributed by atoms with van der Waals surface area (Å²) in [5, 5.41) is 12.0. The SMILES string of the molecule is C#CC(C)(C)Nc1nccc(C)c1C#N. The lowest BCUT2D eigenvalue weighted by Gasteiger charge is -2.21. The highest BCUT2D eigenvalue weighted by molar-refractivity contribution is 5.57. The highest BCUT2D eigenvalue weighted by Crippen LogP contribution is 2.18. The van der Waals surface area contributed by atoms with E-state index in [0.717, 1.165) is 5.56 Å². The fraction of sp³-hybridized carbons (Fsp3) is 0.333. The number of terminal acetylenes is 1. The standard InChI is InChI=1S/C12H13N3/c1-5-12(3,4)15-11-10(8-13)9(2)6-7-14-11/h1,6-7H,2-4H3,(H,14,15). The van der Waals surface area contributed by atoms with Gasteiger partial charge in [0.05, 0.1) is 11.1 Å². The average molecular weight is 199 g/mol. The summed E-state index contributed by atoms with van der Waals surface area (Å²) in [6.07, 6.45) is 7.02. The van der Waals surface area contributed by atoms with Gasteiger partial charge >= 0.3 is 0 Å². The van der Waals surface area contributed by atoms with E-state index in [0.29, 0.717) is 11.4 Å². The van der Waals surface area contributed by atoms with Crippen LogP contribution in [0.5, 0.6) is 0 Å². The smallest absolute Gasteiger partial charge is 0.145 e. The predicted octanol–water partition coefficient (Wildman–Crippen LogP) is 2.09. The Kier molecular flexibility index (Phi) is 2.97. The van der Waals surface area contributed by atoms with Gasteiger partial charge in [-0.25, -0.2) is 4.98 Å². The van der Waals surface area contributed by atoms with Crippen LogP contribution in [-0.4, -0.2) is 10.5 Å². The first-order chi connectivity index (χ1) is 7.00. The van der Waals surface area contributed by atoms with E-state index in [1.54, 1.807) is 12.3 Å². The summed E-state index contributed by atoms with van der Waals surface area (Å²) >= 11 is 0. The van der Waals surface area contributed by atoms with E-state index < -0.39 is 5.54 Å². The fourth-order valence-corrected chi connectivity index (χ4v) is 1.13. The zero-order chi connectivity index (χ0) is 11.5. The molecule has 0 aliphatic rings. The maximum atomic E-state index is 8.99. The normalized spacial score (nSPS) is 10.2. The number of hydrogen-bond acceptors (Lipinski definition) is 3. The zero-order valence-electron chi connectivity index (χ0n) is 9.13. The Bertz CT molecular complexity index is 447. The average Bonchev–Trinajstić information content (AvgIpc) is 2.18. The summed E-state index contributed by atoms with van der Waals surface area (Å²) in [6, 6.07) is 3.92. The minimum atomic E-state index is -0.508. The van der Waals surface area contributed by atoms with Crippen molar-refractivity contribution in [2.45, 2.75) is 26.3 Å². The number of pyridine rings is 1. The molecule has 15 heavy (non-hydrogen) atoms.